The molecule has 0 saturated carbocycles. The van der Waals surface area contributed by atoms with Gasteiger partial charge in [-0.15, -0.1) is 0 Å². The minimum absolute atomic E-state index is 0.0288. The second kappa shape index (κ2) is 4.69. The Morgan fingerprint density at radius 3 is 2.81 bits per heavy atom. The molecule has 0 aliphatic carbocycles. The molecule has 1 aromatic carbocycles. The number of rotatable bonds is 3. The van der Waals surface area contributed by atoms with E-state index < -0.39 is 16.8 Å². The average molecular weight is 291 g/mol. The van der Waals surface area contributed by atoms with Crippen LogP contribution in [0.5, 0.6) is 5.75 Å². The van der Waals surface area contributed by atoms with E-state index in [2.05, 4.69) is 6.07 Å². The average Bonchev–Trinajstić information content (AvgIpc) is 3.07. The molecule has 2 bridgehead atoms. The summed E-state index contributed by atoms with van der Waals surface area (Å²) < 4.78 is 25.3. The monoisotopic (exact) mass is 291 g/mol. The maximum Gasteiger partial charge on any atom is 0.133 e. The summed E-state index contributed by atoms with van der Waals surface area (Å²) in [5, 5.41) is 20.9. The lowest BCUT2D eigenvalue weighted by molar-refractivity contribution is -0.0806. The van der Waals surface area contributed by atoms with Crippen LogP contribution in [0.15, 0.2) is 18.2 Å². The fraction of sp³-hybridized carbons (Fsp3) is 0.562. The quantitative estimate of drug-likeness (QED) is 0.929. The van der Waals surface area contributed by atoms with Crippen molar-refractivity contribution >= 4 is 0 Å². The Balaban J connectivity index is 2.15. The number of hydrogen-bond donors (Lipinski definition) is 1. The molecular formula is C16H18FNO3. The molecule has 4 atom stereocenters. The molecule has 0 amide bonds. The first-order chi connectivity index (χ1) is 9.96. The number of ether oxygens (including phenoxy) is 2. The first kappa shape index (κ1) is 14.3. The molecule has 0 aromatic heterocycles. The Bertz CT molecular complexity index is 610. The highest BCUT2D eigenvalue weighted by Crippen LogP contribution is 2.57. The van der Waals surface area contributed by atoms with E-state index in [0.29, 0.717) is 12.8 Å². The molecule has 2 aliphatic heterocycles. The molecule has 0 radical (unpaired) electrons. The second-order valence-electron chi connectivity index (χ2n) is 6.00. The van der Waals surface area contributed by atoms with E-state index in [0.717, 1.165) is 6.42 Å². The molecule has 21 heavy (non-hydrogen) atoms. The minimum Gasteiger partial charge on any atom is -0.496 e. The number of fused-ring (bicyclic) bond motifs is 2. The van der Waals surface area contributed by atoms with E-state index in [9.17, 15) is 14.8 Å². The van der Waals surface area contributed by atoms with E-state index in [-0.39, 0.29) is 23.5 Å². The Labute approximate surface area is 123 Å². The van der Waals surface area contributed by atoms with Crippen molar-refractivity contribution in [3.63, 3.8) is 0 Å². The van der Waals surface area contributed by atoms with Gasteiger partial charge in [-0.1, -0.05) is 6.07 Å². The lowest BCUT2D eigenvalue weighted by Crippen LogP contribution is -2.49. The third-order valence-electron chi connectivity index (χ3n) is 4.96. The van der Waals surface area contributed by atoms with Crippen molar-refractivity contribution in [3.05, 3.63) is 29.6 Å². The molecule has 5 heteroatoms. The van der Waals surface area contributed by atoms with Gasteiger partial charge in [0.25, 0.3) is 0 Å². The SMILES string of the molecule is COc1cccc(F)c1C(C)(O)C1(C#N)CC2CCC1O2. The number of nitriles is 1. The largest absolute Gasteiger partial charge is 0.496 e. The molecule has 2 fully saturated rings. The number of methoxy groups -OCH3 is 1. The number of nitrogens with zero attached hydrogens (tertiary/aromatic N) is 1. The summed E-state index contributed by atoms with van der Waals surface area (Å²) in [6.45, 7) is 1.49. The van der Waals surface area contributed by atoms with Gasteiger partial charge < -0.3 is 14.6 Å². The highest BCUT2D eigenvalue weighted by atomic mass is 19.1. The number of benzene rings is 1. The van der Waals surface area contributed by atoms with Crippen molar-refractivity contribution in [1.82, 2.24) is 0 Å². The van der Waals surface area contributed by atoms with Gasteiger partial charge in [0.05, 0.1) is 31.0 Å². The summed E-state index contributed by atoms with van der Waals surface area (Å²) in [7, 11) is 1.42. The summed E-state index contributed by atoms with van der Waals surface area (Å²) >= 11 is 0. The molecular weight excluding hydrogens is 273 g/mol. The van der Waals surface area contributed by atoms with Gasteiger partial charge in [-0.05, 0) is 38.3 Å². The standard InChI is InChI=1S/C16H18FNO3/c1-15(19,14-11(17)4-3-5-12(14)20-2)16(9-18)8-10-6-7-13(16)21-10/h3-5,10,13,19H,6-8H2,1-2H3. The van der Waals surface area contributed by atoms with Gasteiger partial charge in [0.2, 0.25) is 0 Å². The van der Waals surface area contributed by atoms with Crippen molar-refractivity contribution in [2.75, 3.05) is 7.11 Å². The molecule has 112 valence electrons. The molecule has 3 rings (SSSR count). The van der Waals surface area contributed by atoms with E-state index in [4.69, 9.17) is 9.47 Å². The highest BCUT2D eigenvalue weighted by molar-refractivity contribution is 5.43. The van der Waals surface area contributed by atoms with Crippen molar-refractivity contribution in [3.8, 4) is 11.8 Å². The molecule has 0 spiro atoms. The van der Waals surface area contributed by atoms with E-state index in [1.54, 1.807) is 6.07 Å². The van der Waals surface area contributed by atoms with Crippen LogP contribution in [0, 0.1) is 22.6 Å². The lowest BCUT2D eigenvalue weighted by Gasteiger charge is -2.42. The first-order valence-corrected chi connectivity index (χ1v) is 7.08. The zero-order valence-electron chi connectivity index (χ0n) is 12.1. The van der Waals surface area contributed by atoms with Gasteiger partial charge in [0.1, 0.15) is 22.6 Å². The summed E-state index contributed by atoms with van der Waals surface area (Å²) in [5.74, 6) is -0.325. The number of halogens is 1. The predicted molar refractivity (Wildman–Crippen MR) is 73.1 cm³/mol. The van der Waals surface area contributed by atoms with Crippen molar-refractivity contribution < 1.29 is 19.0 Å². The van der Waals surface area contributed by atoms with Gasteiger partial charge in [0, 0.05) is 0 Å². The zero-order chi connectivity index (χ0) is 15.3. The van der Waals surface area contributed by atoms with E-state index >= 15 is 0 Å². The Morgan fingerprint density at radius 1 is 1.52 bits per heavy atom. The van der Waals surface area contributed by atoms with Crippen LogP contribution < -0.4 is 4.74 Å². The molecule has 2 aliphatic rings. The number of hydrogen-bond acceptors (Lipinski definition) is 4. The summed E-state index contributed by atoms with van der Waals surface area (Å²) in [5.41, 5.74) is -2.80. The molecule has 2 heterocycles. The van der Waals surface area contributed by atoms with Crippen LogP contribution in [0.3, 0.4) is 0 Å². The van der Waals surface area contributed by atoms with Gasteiger partial charge in [-0.2, -0.15) is 5.26 Å². The third kappa shape index (κ3) is 1.79. The fourth-order valence-electron chi connectivity index (χ4n) is 3.82. The topological polar surface area (TPSA) is 62.5 Å². The van der Waals surface area contributed by atoms with Crippen LogP contribution in [-0.2, 0) is 10.3 Å². The second-order valence-corrected chi connectivity index (χ2v) is 6.00. The predicted octanol–water partition coefficient (Wildman–Crippen LogP) is 2.50. The van der Waals surface area contributed by atoms with Crippen LogP contribution in [0.1, 0.15) is 31.7 Å². The van der Waals surface area contributed by atoms with Gasteiger partial charge in [0.15, 0.2) is 0 Å². The fourth-order valence-corrected chi connectivity index (χ4v) is 3.82. The smallest absolute Gasteiger partial charge is 0.133 e. The van der Waals surface area contributed by atoms with Crippen LogP contribution in [-0.4, -0.2) is 24.4 Å². The van der Waals surface area contributed by atoms with Crippen LogP contribution in [0.25, 0.3) is 0 Å². The first-order valence-electron chi connectivity index (χ1n) is 7.08. The molecule has 1 aromatic rings. The van der Waals surface area contributed by atoms with Crippen LogP contribution >= 0.6 is 0 Å². The number of aliphatic hydroxyl groups is 1. The van der Waals surface area contributed by atoms with E-state index in [1.807, 2.05) is 0 Å². The van der Waals surface area contributed by atoms with Gasteiger partial charge in [-0.25, -0.2) is 4.39 Å². The third-order valence-corrected chi connectivity index (χ3v) is 4.96. The van der Waals surface area contributed by atoms with Crippen molar-refractivity contribution in [2.45, 2.75) is 44.0 Å². The van der Waals surface area contributed by atoms with Crippen molar-refractivity contribution in [2.24, 2.45) is 5.41 Å². The molecule has 2 saturated heterocycles. The molecule has 4 nitrogen and oxygen atoms in total. The highest BCUT2D eigenvalue weighted by Gasteiger charge is 2.63. The minimum atomic E-state index is -1.68. The Kier molecular flexibility index (Phi) is 3.19. The van der Waals surface area contributed by atoms with Crippen LogP contribution in [0.4, 0.5) is 4.39 Å². The summed E-state index contributed by atoms with van der Waals surface area (Å²) in [4.78, 5) is 0. The Hall–Kier alpha value is -1.64. The van der Waals surface area contributed by atoms with Crippen LogP contribution in [0.2, 0.25) is 0 Å². The zero-order valence-corrected chi connectivity index (χ0v) is 12.1. The molecule has 4 unspecified atom stereocenters. The summed E-state index contributed by atoms with van der Waals surface area (Å²) in [6.07, 6.45) is 1.62. The van der Waals surface area contributed by atoms with E-state index in [1.165, 1.54) is 26.2 Å². The van der Waals surface area contributed by atoms with Crippen molar-refractivity contribution in [1.29, 1.82) is 5.26 Å². The lowest BCUT2D eigenvalue weighted by atomic mass is 9.62. The van der Waals surface area contributed by atoms with Gasteiger partial charge >= 0.3 is 0 Å². The summed E-state index contributed by atoms with van der Waals surface area (Å²) in [6, 6.07) is 6.61. The van der Waals surface area contributed by atoms with Gasteiger partial charge in [-0.3, -0.25) is 0 Å². The maximum atomic E-state index is 14.3. The maximum absolute atomic E-state index is 14.3. The molecule has 1 N–H and O–H groups in total. The Morgan fingerprint density at radius 2 is 2.29 bits per heavy atom. The normalized spacial score (nSPS) is 33.5.